The largest absolute Gasteiger partial charge is 0.492 e. The molecule has 1 saturated carbocycles. The van der Waals surface area contributed by atoms with E-state index < -0.39 is 0 Å². The molecule has 1 saturated heterocycles. The first kappa shape index (κ1) is 24.5. The Balaban J connectivity index is 0.00000160. The highest BCUT2D eigenvalue weighted by molar-refractivity contribution is 5.85. The van der Waals surface area contributed by atoms with E-state index in [-0.39, 0.29) is 36.8 Å². The van der Waals surface area contributed by atoms with E-state index in [1.165, 1.54) is 18.4 Å². The third-order valence-electron chi connectivity index (χ3n) is 5.56. The first-order valence-electron chi connectivity index (χ1n) is 10.3. The molecule has 1 aliphatic carbocycles. The summed E-state index contributed by atoms with van der Waals surface area (Å²) in [5.74, 6) is 1.12. The zero-order valence-electron chi connectivity index (χ0n) is 17.1. The average molecular weight is 452 g/mol. The number of hydrogen-bond acceptors (Lipinski definition) is 4. The van der Waals surface area contributed by atoms with Gasteiger partial charge in [0.1, 0.15) is 12.4 Å². The number of nitrogens with zero attached hydrogens (tertiary/aromatic N) is 2. The van der Waals surface area contributed by atoms with E-state index in [4.69, 9.17) is 4.74 Å². The number of halogens is 2. The summed E-state index contributed by atoms with van der Waals surface area (Å²) in [5.41, 5.74) is 1.26. The number of hydrogen-bond donors (Lipinski definition) is 1. The second-order valence-corrected chi connectivity index (χ2v) is 7.62. The molecule has 2 fully saturated rings. The molecule has 0 bridgehead atoms. The first-order chi connectivity index (χ1) is 13.8. The average Bonchev–Trinajstić information content (AvgIpc) is 3.59. The minimum absolute atomic E-state index is 0. The van der Waals surface area contributed by atoms with Crippen LogP contribution in [0.2, 0.25) is 0 Å². The number of rotatable bonds is 8. The Hall–Kier alpha value is -1.79. The summed E-state index contributed by atoms with van der Waals surface area (Å²) >= 11 is 0. The normalized spacial score (nSPS) is 17.4. The fourth-order valence-corrected chi connectivity index (χ4v) is 3.69. The van der Waals surface area contributed by atoms with Crippen LogP contribution in [-0.2, 0) is 4.79 Å². The van der Waals surface area contributed by atoms with Gasteiger partial charge >= 0.3 is 0 Å². The smallest absolute Gasteiger partial charge is 0.236 e. The third-order valence-corrected chi connectivity index (χ3v) is 5.56. The van der Waals surface area contributed by atoms with Gasteiger partial charge in [-0.1, -0.05) is 48.5 Å². The number of benzene rings is 2. The molecule has 1 amide bonds. The van der Waals surface area contributed by atoms with Crippen LogP contribution in [0.4, 0.5) is 0 Å². The van der Waals surface area contributed by atoms with E-state index in [1.54, 1.807) is 0 Å². The van der Waals surface area contributed by atoms with Crippen LogP contribution in [0.5, 0.6) is 5.75 Å². The van der Waals surface area contributed by atoms with Crippen molar-refractivity contribution >= 4 is 30.7 Å². The van der Waals surface area contributed by atoms with Crippen LogP contribution in [0, 0.1) is 0 Å². The highest BCUT2D eigenvalue weighted by Gasteiger charge is 2.28. The molecule has 0 aromatic heterocycles. The first-order valence-corrected chi connectivity index (χ1v) is 10.3. The molecule has 7 heteroatoms. The summed E-state index contributed by atoms with van der Waals surface area (Å²) in [4.78, 5) is 16.8. The molecule has 0 radical (unpaired) electrons. The Labute approximate surface area is 191 Å². The molecule has 2 aromatic carbocycles. The fraction of sp³-hybridized carbons (Fsp3) is 0.435. The van der Waals surface area contributed by atoms with Gasteiger partial charge in [0.25, 0.3) is 0 Å². The van der Waals surface area contributed by atoms with Gasteiger partial charge in [-0.15, -0.1) is 24.8 Å². The summed E-state index contributed by atoms with van der Waals surface area (Å²) in [6.45, 7) is 4.37. The standard InChI is InChI=1S/C23H29N3O2.2ClH/c27-23(17-24-20-11-12-20)26-15-13-25(14-16-26)22(19-7-3-1-4-8-19)18-28-21-9-5-2-6-10-21;;/h1-10,20,22,24H,11-18H2;2*1H. The van der Waals surface area contributed by atoms with Crippen LogP contribution >= 0.6 is 24.8 Å². The molecular formula is C23H31Cl2N3O2. The van der Waals surface area contributed by atoms with Crippen molar-refractivity contribution in [2.45, 2.75) is 24.9 Å². The summed E-state index contributed by atoms with van der Waals surface area (Å²) in [6, 6.07) is 21.2. The van der Waals surface area contributed by atoms with Crippen molar-refractivity contribution in [3.8, 4) is 5.75 Å². The van der Waals surface area contributed by atoms with Gasteiger partial charge in [0, 0.05) is 32.2 Å². The molecule has 2 aromatic rings. The molecule has 1 aliphatic heterocycles. The monoisotopic (exact) mass is 451 g/mol. The van der Waals surface area contributed by atoms with Gasteiger partial charge in [-0.2, -0.15) is 0 Å². The Morgan fingerprint density at radius 3 is 2.13 bits per heavy atom. The fourth-order valence-electron chi connectivity index (χ4n) is 3.69. The number of nitrogens with one attached hydrogen (secondary N) is 1. The Morgan fingerprint density at radius 2 is 1.53 bits per heavy atom. The van der Waals surface area contributed by atoms with Crippen molar-refractivity contribution < 1.29 is 9.53 Å². The molecule has 4 rings (SSSR count). The van der Waals surface area contributed by atoms with Crippen LogP contribution < -0.4 is 10.1 Å². The van der Waals surface area contributed by atoms with Crippen LogP contribution in [0.15, 0.2) is 60.7 Å². The van der Waals surface area contributed by atoms with Crippen molar-refractivity contribution in [1.82, 2.24) is 15.1 Å². The van der Waals surface area contributed by atoms with Gasteiger partial charge in [0.2, 0.25) is 5.91 Å². The van der Waals surface area contributed by atoms with E-state index in [0.29, 0.717) is 19.2 Å². The quantitative estimate of drug-likeness (QED) is 0.666. The van der Waals surface area contributed by atoms with Gasteiger partial charge in [-0.25, -0.2) is 0 Å². The second-order valence-electron chi connectivity index (χ2n) is 7.62. The third kappa shape index (κ3) is 6.88. The second kappa shape index (κ2) is 12.2. The maximum Gasteiger partial charge on any atom is 0.236 e. The number of ether oxygens (including phenoxy) is 1. The Kier molecular flexibility index (Phi) is 9.92. The molecule has 164 valence electrons. The minimum Gasteiger partial charge on any atom is -0.492 e. The van der Waals surface area contributed by atoms with E-state index in [0.717, 1.165) is 31.9 Å². The van der Waals surface area contributed by atoms with E-state index in [1.807, 2.05) is 41.3 Å². The Morgan fingerprint density at radius 1 is 0.933 bits per heavy atom. The highest BCUT2D eigenvalue weighted by Crippen LogP contribution is 2.24. The lowest BCUT2D eigenvalue weighted by atomic mass is 10.0. The van der Waals surface area contributed by atoms with Crippen molar-refractivity contribution in [2.75, 3.05) is 39.3 Å². The lowest BCUT2D eigenvalue weighted by molar-refractivity contribution is -0.132. The van der Waals surface area contributed by atoms with Crippen molar-refractivity contribution in [3.63, 3.8) is 0 Å². The highest BCUT2D eigenvalue weighted by atomic mass is 35.5. The molecule has 2 aliphatic rings. The summed E-state index contributed by atoms with van der Waals surface area (Å²) in [6.07, 6.45) is 2.42. The van der Waals surface area contributed by atoms with Crippen LogP contribution in [0.1, 0.15) is 24.4 Å². The predicted molar refractivity (Wildman–Crippen MR) is 125 cm³/mol. The molecule has 1 atom stereocenters. The topological polar surface area (TPSA) is 44.8 Å². The summed E-state index contributed by atoms with van der Waals surface area (Å²) in [7, 11) is 0. The number of carbonyl (C=O) groups is 1. The zero-order valence-corrected chi connectivity index (χ0v) is 18.7. The maximum atomic E-state index is 12.4. The van der Waals surface area contributed by atoms with Gasteiger partial charge in [-0.05, 0) is 30.5 Å². The van der Waals surface area contributed by atoms with Gasteiger partial charge < -0.3 is 15.0 Å². The molecular weight excluding hydrogens is 421 g/mol. The van der Waals surface area contributed by atoms with Crippen molar-refractivity contribution in [3.05, 3.63) is 66.2 Å². The number of para-hydroxylation sites is 1. The summed E-state index contributed by atoms with van der Waals surface area (Å²) < 4.78 is 6.09. The zero-order chi connectivity index (χ0) is 19.2. The maximum absolute atomic E-state index is 12.4. The Bertz CT molecular complexity index is 752. The van der Waals surface area contributed by atoms with Gasteiger partial charge in [-0.3, -0.25) is 9.69 Å². The lowest BCUT2D eigenvalue weighted by Gasteiger charge is -2.39. The van der Waals surface area contributed by atoms with Gasteiger partial charge in [0.05, 0.1) is 12.6 Å². The van der Waals surface area contributed by atoms with Crippen LogP contribution in [0.3, 0.4) is 0 Å². The van der Waals surface area contributed by atoms with E-state index in [2.05, 4.69) is 34.5 Å². The number of amides is 1. The molecule has 30 heavy (non-hydrogen) atoms. The van der Waals surface area contributed by atoms with Crippen LogP contribution in [0.25, 0.3) is 0 Å². The molecule has 1 heterocycles. The van der Waals surface area contributed by atoms with Crippen molar-refractivity contribution in [2.24, 2.45) is 0 Å². The number of carbonyl (C=O) groups excluding carboxylic acids is 1. The molecule has 5 nitrogen and oxygen atoms in total. The van der Waals surface area contributed by atoms with E-state index >= 15 is 0 Å². The molecule has 0 spiro atoms. The van der Waals surface area contributed by atoms with Crippen molar-refractivity contribution in [1.29, 1.82) is 0 Å². The number of piperazine rings is 1. The molecule has 1 N–H and O–H groups in total. The minimum atomic E-state index is 0. The summed E-state index contributed by atoms with van der Waals surface area (Å²) in [5, 5.41) is 3.33. The lowest BCUT2D eigenvalue weighted by Crippen LogP contribution is -2.52. The molecule has 1 unspecified atom stereocenters. The van der Waals surface area contributed by atoms with Gasteiger partial charge in [0.15, 0.2) is 0 Å². The van der Waals surface area contributed by atoms with E-state index in [9.17, 15) is 4.79 Å². The van der Waals surface area contributed by atoms with Crippen LogP contribution in [-0.4, -0.2) is 61.1 Å². The predicted octanol–water partition coefficient (Wildman–Crippen LogP) is 3.55. The SMILES string of the molecule is Cl.Cl.O=C(CNC1CC1)N1CCN(C(COc2ccccc2)c2ccccc2)CC1.